The Kier molecular flexibility index (Phi) is 11.1. The lowest BCUT2D eigenvalue weighted by Crippen LogP contribution is -2.33. The molecule has 0 saturated carbocycles. The van der Waals surface area contributed by atoms with E-state index in [9.17, 15) is 0 Å². The Morgan fingerprint density at radius 1 is 0.778 bits per heavy atom. The number of hydrogen-bond donors (Lipinski definition) is 0. The summed E-state index contributed by atoms with van der Waals surface area (Å²) in [5, 5.41) is 0. The molecule has 0 aliphatic rings. The highest BCUT2D eigenvalue weighted by molar-refractivity contribution is 6.71. The van der Waals surface area contributed by atoms with Crippen LogP contribution in [-0.4, -0.2) is 14.4 Å². The van der Waals surface area contributed by atoms with E-state index in [1.165, 1.54) is 63.8 Å². The lowest BCUT2D eigenvalue weighted by molar-refractivity contribution is 0.230. The second-order valence-corrected chi connectivity index (χ2v) is 10.8. The summed E-state index contributed by atoms with van der Waals surface area (Å²) in [6, 6.07) is 1.33. The molecule has 0 bridgehead atoms. The van der Waals surface area contributed by atoms with E-state index in [2.05, 4.69) is 33.9 Å². The highest BCUT2D eigenvalue weighted by Gasteiger charge is 2.22. The van der Waals surface area contributed by atoms with Crippen molar-refractivity contribution >= 4 is 8.32 Å². The van der Waals surface area contributed by atoms with Crippen molar-refractivity contribution in [3.63, 3.8) is 0 Å². The van der Waals surface area contributed by atoms with Crippen molar-refractivity contribution in [3.05, 3.63) is 0 Å². The Bertz CT molecular complexity index is 178. The molecule has 0 fully saturated rings. The largest absolute Gasteiger partial charge is 0.415 e. The van der Waals surface area contributed by atoms with Gasteiger partial charge in [0, 0.05) is 6.10 Å². The van der Waals surface area contributed by atoms with Crippen LogP contribution in [0.5, 0.6) is 0 Å². The first kappa shape index (κ1) is 18.2. The van der Waals surface area contributed by atoms with E-state index in [0.29, 0.717) is 6.10 Å². The summed E-state index contributed by atoms with van der Waals surface area (Å²) in [7, 11) is -1.35. The fourth-order valence-corrected chi connectivity index (χ4v) is 5.05. The molecule has 0 N–H and O–H groups in total. The van der Waals surface area contributed by atoms with Crippen LogP contribution in [0, 0.1) is 0 Å². The molecule has 0 aliphatic carbocycles. The molecule has 0 spiro atoms. The predicted molar refractivity (Wildman–Crippen MR) is 85.7 cm³/mol. The van der Waals surface area contributed by atoms with E-state index in [1.807, 2.05) is 0 Å². The first-order valence-corrected chi connectivity index (χ1v) is 11.3. The number of unbranched alkanes of at least 4 members (excludes halogenated alkanes) is 8. The lowest BCUT2D eigenvalue weighted by Gasteiger charge is -2.25. The van der Waals surface area contributed by atoms with Crippen LogP contribution < -0.4 is 0 Å². The summed E-state index contributed by atoms with van der Waals surface area (Å²) in [6.45, 7) is 11.3. The first-order chi connectivity index (χ1) is 8.48. The Morgan fingerprint density at radius 3 is 1.67 bits per heavy atom. The summed E-state index contributed by atoms with van der Waals surface area (Å²) in [6.07, 6.45) is 13.2. The quantitative estimate of drug-likeness (QED) is 0.306. The van der Waals surface area contributed by atoms with Gasteiger partial charge in [-0.25, -0.2) is 0 Å². The molecule has 0 aliphatic heterocycles. The van der Waals surface area contributed by atoms with Crippen LogP contribution in [0.2, 0.25) is 19.1 Å². The zero-order chi connectivity index (χ0) is 13.9. The van der Waals surface area contributed by atoms with Crippen molar-refractivity contribution in [3.8, 4) is 0 Å². The van der Waals surface area contributed by atoms with Gasteiger partial charge >= 0.3 is 0 Å². The monoisotopic (exact) mass is 272 g/mol. The zero-order valence-corrected chi connectivity index (χ0v) is 14.6. The van der Waals surface area contributed by atoms with Gasteiger partial charge in [-0.2, -0.15) is 0 Å². The van der Waals surface area contributed by atoms with Crippen LogP contribution in [-0.2, 0) is 4.43 Å². The van der Waals surface area contributed by atoms with Crippen LogP contribution in [0.1, 0.15) is 78.6 Å². The standard InChI is InChI=1S/C16H36OSi/c1-6-7-8-9-10-11-12-13-14-15-18(4,5)17-16(2)3/h16H,6-15H2,1-5H3. The molecule has 0 heterocycles. The van der Waals surface area contributed by atoms with Crippen molar-refractivity contribution < 1.29 is 4.43 Å². The normalized spacial score (nSPS) is 12.3. The molecule has 0 atom stereocenters. The minimum Gasteiger partial charge on any atom is -0.415 e. The van der Waals surface area contributed by atoms with Gasteiger partial charge in [0.2, 0.25) is 0 Å². The number of rotatable bonds is 12. The molecule has 0 aromatic rings. The van der Waals surface area contributed by atoms with Gasteiger partial charge < -0.3 is 4.43 Å². The predicted octanol–water partition coefficient (Wildman–Crippen LogP) is 6.15. The molecule has 110 valence electrons. The third kappa shape index (κ3) is 12.6. The summed E-state index contributed by atoms with van der Waals surface area (Å²) >= 11 is 0. The Labute approximate surface area is 117 Å². The van der Waals surface area contributed by atoms with E-state index < -0.39 is 8.32 Å². The van der Waals surface area contributed by atoms with Gasteiger partial charge in [0.05, 0.1) is 0 Å². The van der Waals surface area contributed by atoms with E-state index in [4.69, 9.17) is 4.43 Å². The molecule has 0 amide bonds. The van der Waals surface area contributed by atoms with Gasteiger partial charge in [-0.1, -0.05) is 64.7 Å². The average molecular weight is 273 g/mol. The highest BCUT2D eigenvalue weighted by atomic mass is 28.4. The maximum Gasteiger partial charge on any atom is 0.187 e. The third-order valence-corrected chi connectivity index (χ3v) is 6.10. The SMILES string of the molecule is CCCCCCCCCCC[Si](C)(C)OC(C)C. The van der Waals surface area contributed by atoms with Gasteiger partial charge in [0.25, 0.3) is 0 Å². The van der Waals surface area contributed by atoms with Gasteiger partial charge in [-0.05, 0) is 33.0 Å². The molecule has 0 unspecified atom stereocenters. The van der Waals surface area contributed by atoms with Crippen molar-refractivity contribution in [1.29, 1.82) is 0 Å². The van der Waals surface area contributed by atoms with Crippen molar-refractivity contribution in [2.45, 2.75) is 104 Å². The Morgan fingerprint density at radius 2 is 1.22 bits per heavy atom. The van der Waals surface area contributed by atoms with Crippen LogP contribution in [0.4, 0.5) is 0 Å². The van der Waals surface area contributed by atoms with E-state index in [0.717, 1.165) is 0 Å². The number of hydrogen-bond acceptors (Lipinski definition) is 1. The second-order valence-electron chi connectivity index (χ2n) is 6.50. The fourth-order valence-electron chi connectivity index (χ4n) is 2.56. The maximum absolute atomic E-state index is 6.05. The van der Waals surface area contributed by atoms with Gasteiger partial charge in [-0.15, -0.1) is 0 Å². The van der Waals surface area contributed by atoms with Crippen LogP contribution in [0.15, 0.2) is 0 Å². The molecule has 0 aromatic carbocycles. The second kappa shape index (κ2) is 11.0. The molecular weight excluding hydrogens is 236 g/mol. The molecule has 1 nitrogen and oxygen atoms in total. The van der Waals surface area contributed by atoms with Gasteiger partial charge in [-0.3, -0.25) is 0 Å². The summed E-state index contributed by atoms with van der Waals surface area (Å²) in [5.74, 6) is 0. The first-order valence-electron chi connectivity index (χ1n) is 8.16. The summed E-state index contributed by atoms with van der Waals surface area (Å²) in [4.78, 5) is 0. The smallest absolute Gasteiger partial charge is 0.187 e. The Hall–Kier alpha value is 0.177. The highest BCUT2D eigenvalue weighted by Crippen LogP contribution is 2.19. The molecular formula is C16H36OSi. The van der Waals surface area contributed by atoms with Gasteiger partial charge in [0.1, 0.15) is 0 Å². The fraction of sp³-hybridized carbons (Fsp3) is 1.00. The van der Waals surface area contributed by atoms with Crippen LogP contribution in [0.25, 0.3) is 0 Å². The summed E-state index contributed by atoms with van der Waals surface area (Å²) < 4.78 is 6.05. The zero-order valence-electron chi connectivity index (χ0n) is 13.6. The summed E-state index contributed by atoms with van der Waals surface area (Å²) in [5.41, 5.74) is 0. The topological polar surface area (TPSA) is 9.23 Å². The van der Waals surface area contributed by atoms with Gasteiger partial charge in [0.15, 0.2) is 8.32 Å². The van der Waals surface area contributed by atoms with E-state index in [-0.39, 0.29) is 0 Å². The van der Waals surface area contributed by atoms with E-state index in [1.54, 1.807) is 0 Å². The van der Waals surface area contributed by atoms with Crippen molar-refractivity contribution in [1.82, 2.24) is 0 Å². The minimum atomic E-state index is -1.35. The lowest BCUT2D eigenvalue weighted by atomic mass is 10.1. The average Bonchev–Trinajstić information content (AvgIpc) is 2.25. The molecule has 0 saturated heterocycles. The molecule has 0 rings (SSSR count). The minimum absolute atomic E-state index is 0.408. The van der Waals surface area contributed by atoms with Crippen LogP contribution >= 0.6 is 0 Å². The molecule has 0 radical (unpaired) electrons. The Balaban J connectivity index is 3.29. The molecule has 18 heavy (non-hydrogen) atoms. The van der Waals surface area contributed by atoms with Crippen LogP contribution in [0.3, 0.4) is 0 Å². The maximum atomic E-state index is 6.05. The molecule has 0 aromatic heterocycles. The van der Waals surface area contributed by atoms with Crippen molar-refractivity contribution in [2.75, 3.05) is 0 Å². The third-order valence-electron chi connectivity index (χ3n) is 3.44. The van der Waals surface area contributed by atoms with E-state index >= 15 is 0 Å². The molecule has 2 heteroatoms. The van der Waals surface area contributed by atoms with Crippen molar-refractivity contribution in [2.24, 2.45) is 0 Å².